The van der Waals surface area contributed by atoms with Crippen LogP contribution in [0.2, 0.25) is 0 Å². The van der Waals surface area contributed by atoms with Crippen LogP contribution in [-0.2, 0) is 14.3 Å². The number of rotatable bonds is 6. The molecule has 0 amide bonds. The summed E-state index contributed by atoms with van der Waals surface area (Å²) in [6.07, 6.45) is 0. The van der Waals surface area contributed by atoms with Crippen LogP contribution in [0.25, 0.3) is 0 Å². The zero-order valence-electron chi connectivity index (χ0n) is 6.59. The normalized spacial score (nSPS) is 9.50. The van der Waals surface area contributed by atoms with Gasteiger partial charge in [0.25, 0.3) is 0 Å². The fraction of sp³-hybridized carbons (Fsp3) is 0.571. The molecule has 0 aromatic carbocycles. The summed E-state index contributed by atoms with van der Waals surface area (Å²) in [5.41, 5.74) is 0. The molecule has 0 aliphatic heterocycles. The van der Waals surface area contributed by atoms with Crippen molar-refractivity contribution < 1.29 is 19.4 Å². The SMILES string of the molecule is C=C(Cl)C(=O)OCCOCCO. The smallest absolute Gasteiger partial charge is 0.349 e. The molecule has 70 valence electrons. The van der Waals surface area contributed by atoms with E-state index in [0.29, 0.717) is 0 Å². The van der Waals surface area contributed by atoms with Gasteiger partial charge in [0.2, 0.25) is 0 Å². The van der Waals surface area contributed by atoms with Crippen LogP contribution < -0.4 is 0 Å². The van der Waals surface area contributed by atoms with Gasteiger partial charge in [-0.2, -0.15) is 0 Å². The molecule has 0 aliphatic rings. The van der Waals surface area contributed by atoms with E-state index in [1.165, 1.54) is 0 Å². The largest absolute Gasteiger partial charge is 0.459 e. The van der Waals surface area contributed by atoms with Gasteiger partial charge in [0.05, 0.1) is 19.8 Å². The van der Waals surface area contributed by atoms with Gasteiger partial charge in [-0.1, -0.05) is 18.2 Å². The Morgan fingerprint density at radius 3 is 2.58 bits per heavy atom. The molecule has 0 bridgehead atoms. The minimum atomic E-state index is -0.649. The van der Waals surface area contributed by atoms with Crippen LogP contribution in [-0.4, -0.2) is 37.5 Å². The first-order chi connectivity index (χ1) is 5.68. The summed E-state index contributed by atoms with van der Waals surface area (Å²) in [6, 6.07) is 0. The maximum absolute atomic E-state index is 10.6. The van der Waals surface area contributed by atoms with Crippen LogP contribution in [0.1, 0.15) is 0 Å². The van der Waals surface area contributed by atoms with Crippen molar-refractivity contribution in [1.82, 2.24) is 0 Å². The lowest BCUT2D eigenvalue weighted by atomic mass is 10.6. The second kappa shape index (κ2) is 7.09. The number of aliphatic hydroxyl groups is 1. The number of aliphatic hydroxyl groups excluding tert-OH is 1. The third-order valence-corrected chi connectivity index (χ3v) is 1.07. The standard InChI is InChI=1S/C7H11ClO4/c1-6(8)7(10)12-5-4-11-3-2-9/h9H,1-5H2. The Labute approximate surface area is 75.7 Å². The molecule has 0 spiro atoms. The van der Waals surface area contributed by atoms with E-state index in [9.17, 15) is 4.79 Å². The Kier molecular flexibility index (Phi) is 6.75. The van der Waals surface area contributed by atoms with Crippen molar-refractivity contribution in [2.24, 2.45) is 0 Å². The van der Waals surface area contributed by atoms with Gasteiger partial charge < -0.3 is 14.6 Å². The minimum Gasteiger partial charge on any atom is -0.459 e. The molecular weight excluding hydrogens is 184 g/mol. The monoisotopic (exact) mass is 194 g/mol. The van der Waals surface area contributed by atoms with Crippen molar-refractivity contribution in [2.45, 2.75) is 0 Å². The molecule has 0 fully saturated rings. The predicted molar refractivity (Wildman–Crippen MR) is 43.9 cm³/mol. The predicted octanol–water partition coefficient (Wildman–Crippen LogP) is 0.291. The molecule has 12 heavy (non-hydrogen) atoms. The van der Waals surface area contributed by atoms with Crippen molar-refractivity contribution >= 4 is 17.6 Å². The molecule has 1 N–H and O–H groups in total. The summed E-state index contributed by atoms with van der Waals surface area (Å²) in [5.74, 6) is -0.649. The maximum atomic E-state index is 10.6. The molecule has 0 aromatic rings. The first kappa shape index (κ1) is 11.4. The van der Waals surface area contributed by atoms with Crippen LogP contribution in [0.4, 0.5) is 0 Å². The quantitative estimate of drug-likeness (QED) is 0.375. The molecule has 0 heterocycles. The zero-order chi connectivity index (χ0) is 9.40. The lowest BCUT2D eigenvalue weighted by Gasteiger charge is -2.03. The summed E-state index contributed by atoms with van der Waals surface area (Å²) in [5, 5.41) is 8.14. The average molecular weight is 195 g/mol. The van der Waals surface area contributed by atoms with Crippen molar-refractivity contribution in [3.8, 4) is 0 Å². The number of ether oxygens (including phenoxy) is 2. The molecule has 0 atom stereocenters. The van der Waals surface area contributed by atoms with Crippen LogP contribution in [0.3, 0.4) is 0 Å². The van der Waals surface area contributed by atoms with Crippen molar-refractivity contribution in [3.05, 3.63) is 11.6 Å². The van der Waals surface area contributed by atoms with Gasteiger partial charge in [0.1, 0.15) is 11.6 Å². The Bertz CT molecular complexity index is 157. The molecular formula is C7H11ClO4. The number of carbonyl (C=O) groups excluding carboxylic acids is 1. The summed E-state index contributed by atoms with van der Waals surface area (Å²) in [7, 11) is 0. The molecule has 5 heteroatoms. The zero-order valence-corrected chi connectivity index (χ0v) is 7.34. The average Bonchev–Trinajstić information content (AvgIpc) is 2.03. The Morgan fingerprint density at radius 1 is 1.42 bits per heavy atom. The van der Waals surface area contributed by atoms with E-state index >= 15 is 0 Å². The lowest BCUT2D eigenvalue weighted by molar-refractivity contribution is -0.139. The van der Waals surface area contributed by atoms with Crippen LogP contribution >= 0.6 is 11.6 Å². The number of hydrogen-bond donors (Lipinski definition) is 1. The van der Waals surface area contributed by atoms with Crippen LogP contribution in [0.15, 0.2) is 11.6 Å². The summed E-state index contributed by atoms with van der Waals surface area (Å²) < 4.78 is 9.39. The van der Waals surface area contributed by atoms with E-state index in [1.807, 2.05) is 0 Å². The van der Waals surface area contributed by atoms with Gasteiger partial charge >= 0.3 is 5.97 Å². The molecule has 0 aromatic heterocycles. The highest BCUT2D eigenvalue weighted by atomic mass is 35.5. The molecule has 0 saturated carbocycles. The second-order valence-electron chi connectivity index (χ2n) is 1.88. The lowest BCUT2D eigenvalue weighted by Crippen LogP contribution is -2.11. The first-order valence-corrected chi connectivity index (χ1v) is 3.76. The highest BCUT2D eigenvalue weighted by Crippen LogP contribution is 1.98. The van der Waals surface area contributed by atoms with Crippen LogP contribution in [0.5, 0.6) is 0 Å². The van der Waals surface area contributed by atoms with Gasteiger partial charge in [-0.3, -0.25) is 0 Å². The summed E-state index contributed by atoms with van der Waals surface area (Å²) in [4.78, 5) is 10.6. The summed E-state index contributed by atoms with van der Waals surface area (Å²) in [6.45, 7) is 3.73. The van der Waals surface area contributed by atoms with Gasteiger partial charge in [-0.05, 0) is 0 Å². The van der Waals surface area contributed by atoms with E-state index in [-0.39, 0.29) is 31.5 Å². The second-order valence-corrected chi connectivity index (χ2v) is 2.33. The van der Waals surface area contributed by atoms with E-state index < -0.39 is 5.97 Å². The fourth-order valence-corrected chi connectivity index (χ4v) is 0.493. The van der Waals surface area contributed by atoms with Gasteiger partial charge in [-0.25, -0.2) is 4.79 Å². The molecule has 0 radical (unpaired) electrons. The first-order valence-electron chi connectivity index (χ1n) is 3.38. The maximum Gasteiger partial charge on any atom is 0.349 e. The van der Waals surface area contributed by atoms with Crippen molar-refractivity contribution in [2.75, 3.05) is 26.4 Å². The molecule has 0 rings (SSSR count). The molecule has 0 saturated heterocycles. The van der Waals surface area contributed by atoms with Gasteiger partial charge in [0.15, 0.2) is 0 Å². The third kappa shape index (κ3) is 6.15. The Morgan fingerprint density at radius 2 is 2.08 bits per heavy atom. The van der Waals surface area contributed by atoms with Crippen LogP contribution in [0, 0.1) is 0 Å². The number of hydrogen-bond acceptors (Lipinski definition) is 4. The Hall–Kier alpha value is -0.580. The highest BCUT2D eigenvalue weighted by molar-refractivity contribution is 6.40. The fourth-order valence-electron chi connectivity index (χ4n) is 0.438. The summed E-state index contributed by atoms with van der Waals surface area (Å²) >= 11 is 5.22. The van der Waals surface area contributed by atoms with E-state index in [4.69, 9.17) is 21.4 Å². The third-order valence-electron chi connectivity index (χ3n) is 0.918. The number of halogens is 1. The minimum absolute atomic E-state index is 0.0455. The Balaban J connectivity index is 3.20. The van der Waals surface area contributed by atoms with E-state index in [0.717, 1.165) is 0 Å². The topological polar surface area (TPSA) is 55.8 Å². The molecule has 4 nitrogen and oxygen atoms in total. The van der Waals surface area contributed by atoms with Gasteiger partial charge in [0, 0.05) is 0 Å². The van der Waals surface area contributed by atoms with Crippen molar-refractivity contribution in [3.63, 3.8) is 0 Å². The van der Waals surface area contributed by atoms with Crippen molar-refractivity contribution in [1.29, 1.82) is 0 Å². The molecule has 0 unspecified atom stereocenters. The van der Waals surface area contributed by atoms with E-state index in [1.54, 1.807) is 0 Å². The van der Waals surface area contributed by atoms with E-state index in [2.05, 4.69) is 11.3 Å². The molecule has 0 aliphatic carbocycles. The van der Waals surface area contributed by atoms with Gasteiger partial charge in [-0.15, -0.1) is 0 Å². The highest BCUT2D eigenvalue weighted by Gasteiger charge is 2.03. The number of esters is 1. The number of carbonyl (C=O) groups is 1.